The second-order valence-corrected chi connectivity index (χ2v) is 9.32. The van der Waals surface area contributed by atoms with Crippen LogP contribution in [0.4, 0.5) is 11.4 Å². The number of nitrogens with zero attached hydrogens (tertiary/aromatic N) is 2. The van der Waals surface area contributed by atoms with Gasteiger partial charge < -0.3 is 14.4 Å². The molecule has 0 amide bonds. The van der Waals surface area contributed by atoms with Crippen LogP contribution >= 0.6 is 11.6 Å². The Labute approximate surface area is 195 Å². The first-order valence-electron chi connectivity index (χ1n) is 10.8. The molecule has 0 aliphatic carbocycles. The minimum atomic E-state index is 0.110. The van der Waals surface area contributed by atoms with Crippen molar-refractivity contribution in [2.75, 3.05) is 19.1 Å². The Hall–Kier alpha value is -2.98. The highest BCUT2D eigenvalue weighted by atomic mass is 35.5. The number of aliphatic imine (C=N–C) groups is 1. The second-order valence-electron chi connectivity index (χ2n) is 8.91. The Morgan fingerprint density at radius 1 is 1.06 bits per heavy atom. The van der Waals surface area contributed by atoms with Gasteiger partial charge in [-0.1, -0.05) is 30.7 Å². The summed E-state index contributed by atoms with van der Waals surface area (Å²) in [6.45, 7) is 6.83. The third-order valence-electron chi connectivity index (χ3n) is 6.24. The van der Waals surface area contributed by atoms with E-state index in [2.05, 4.69) is 49.8 Å². The largest absolute Gasteiger partial charge is 0.493 e. The fourth-order valence-electron chi connectivity index (χ4n) is 4.28. The first kappa shape index (κ1) is 22.2. The molecule has 4 nitrogen and oxygen atoms in total. The molecule has 3 aromatic carbocycles. The third kappa shape index (κ3) is 4.46. The first-order valence-corrected chi connectivity index (χ1v) is 11.2. The monoisotopic (exact) mass is 448 g/mol. The standard InChI is InChI=1S/C27H29ClN2O2/c1-18-16-27(2,3)30(4)24-15-23(28)19(14-22(18)24)17-29-20-10-12-21(13-11-20)32-26-9-7-6-8-25(26)31-5/h6-15,17-18H,16H2,1-5H3/t18-/m0/s1. The van der Waals surface area contributed by atoms with Crippen LogP contribution in [-0.2, 0) is 0 Å². The Kier molecular flexibility index (Phi) is 6.16. The van der Waals surface area contributed by atoms with Gasteiger partial charge in [-0.15, -0.1) is 0 Å². The number of halogens is 1. The molecule has 1 aliphatic rings. The number of ether oxygens (including phenoxy) is 2. The molecule has 0 radical (unpaired) electrons. The summed E-state index contributed by atoms with van der Waals surface area (Å²) in [6, 6.07) is 19.5. The van der Waals surface area contributed by atoms with Crippen molar-refractivity contribution in [2.45, 2.75) is 38.6 Å². The molecule has 0 saturated heterocycles. The molecule has 0 saturated carbocycles. The minimum Gasteiger partial charge on any atom is -0.493 e. The van der Waals surface area contributed by atoms with E-state index in [1.54, 1.807) is 7.11 Å². The number of anilines is 1. The van der Waals surface area contributed by atoms with Crippen molar-refractivity contribution >= 4 is 29.2 Å². The lowest BCUT2D eigenvalue weighted by Gasteiger charge is -2.45. The van der Waals surface area contributed by atoms with Crippen molar-refractivity contribution in [3.8, 4) is 17.2 Å². The number of hydrogen-bond donors (Lipinski definition) is 0. The zero-order valence-corrected chi connectivity index (χ0v) is 20.0. The van der Waals surface area contributed by atoms with Crippen molar-refractivity contribution in [3.63, 3.8) is 0 Å². The fourth-order valence-corrected chi connectivity index (χ4v) is 4.48. The average Bonchev–Trinajstić information content (AvgIpc) is 2.77. The van der Waals surface area contributed by atoms with Crippen LogP contribution in [0.2, 0.25) is 5.02 Å². The summed E-state index contributed by atoms with van der Waals surface area (Å²) >= 11 is 6.63. The minimum absolute atomic E-state index is 0.110. The Bertz CT molecular complexity index is 1140. The molecule has 0 bridgehead atoms. The second kappa shape index (κ2) is 8.87. The molecule has 166 valence electrons. The molecule has 0 fully saturated rings. The van der Waals surface area contributed by atoms with Crippen LogP contribution < -0.4 is 14.4 Å². The lowest BCUT2D eigenvalue weighted by atomic mass is 9.80. The summed E-state index contributed by atoms with van der Waals surface area (Å²) in [5.41, 5.74) is 4.39. The van der Waals surface area contributed by atoms with Gasteiger partial charge in [0.15, 0.2) is 11.5 Å². The summed E-state index contributed by atoms with van der Waals surface area (Å²) in [4.78, 5) is 6.97. The van der Waals surface area contributed by atoms with Crippen LogP contribution in [0.25, 0.3) is 0 Å². The van der Waals surface area contributed by atoms with Gasteiger partial charge >= 0.3 is 0 Å². The molecule has 0 N–H and O–H groups in total. The molecule has 0 aromatic heterocycles. The number of benzene rings is 3. The summed E-state index contributed by atoms with van der Waals surface area (Å²) in [5, 5.41) is 0.709. The van der Waals surface area contributed by atoms with E-state index in [1.807, 2.05) is 54.7 Å². The number of methoxy groups -OCH3 is 1. The van der Waals surface area contributed by atoms with Gasteiger partial charge in [-0.05, 0) is 80.3 Å². The molecule has 1 aliphatic heterocycles. The van der Waals surface area contributed by atoms with Crippen molar-refractivity contribution in [1.82, 2.24) is 0 Å². The van der Waals surface area contributed by atoms with Gasteiger partial charge in [0.1, 0.15) is 5.75 Å². The van der Waals surface area contributed by atoms with Crippen LogP contribution in [0.1, 0.15) is 44.2 Å². The van der Waals surface area contributed by atoms with Crippen molar-refractivity contribution in [2.24, 2.45) is 4.99 Å². The smallest absolute Gasteiger partial charge is 0.169 e. The highest BCUT2D eigenvalue weighted by Crippen LogP contribution is 2.44. The quantitative estimate of drug-likeness (QED) is 0.376. The fraction of sp³-hybridized carbons (Fsp3) is 0.296. The topological polar surface area (TPSA) is 34.1 Å². The highest BCUT2D eigenvalue weighted by Gasteiger charge is 2.34. The lowest BCUT2D eigenvalue weighted by Crippen LogP contribution is -2.45. The Morgan fingerprint density at radius 3 is 2.44 bits per heavy atom. The van der Waals surface area contributed by atoms with Crippen molar-refractivity contribution in [1.29, 1.82) is 0 Å². The van der Waals surface area contributed by atoms with Gasteiger partial charge in [-0.25, -0.2) is 0 Å². The predicted octanol–water partition coefficient (Wildman–Crippen LogP) is 7.61. The van der Waals surface area contributed by atoms with Crippen LogP contribution in [0, 0.1) is 0 Å². The van der Waals surface area contributed by atoms with E-state index in [4.69, 9.17) is 21.1 Å². The van der Waals surface area contributed by atoms with Gasteiger partial charge in [0.25, 0.3) is 0 Å². The molecule has 5 heteroatoms. The Morgan fingerprint density at radius 2 is 1.75 bits per heavy atom. The molecule has 4 rings (SSSR count). The third-order valence-corrected chi connectivity index (χ3v) is 6.57. The van der Waals surface area contributed by atoms with Gasteiger partial charge in [0, 0.05) is 30.1 Å². The van der Waals surface area contributed by atoms with E-state index in [9.17, 15) is 0 Å². The number of hydrogen-bond acceptors (Lipinski definition) is 4. The summed E-state index contributed by atoms with van der Waals surface area (Å²) < 4.78 is 11.3. The van der Waals surface area contributed by atoms with Crippen LogP contribution in [0.15, 0.2) is 65.7 Å². The maximum Gasteiger partial charge on any atom is 0.169 e. The number of rotatable bonds is 5. The molecule has 1 atom stereocenters. The van der Waals surface area contributed by atoms with Crippen molar-refractivity contribution in [3.05, 3.63) is 76.8 Å². The van der Waals surface area contributed by atoms with Gasteiger partial charge in [0.2, 0.25) is 0 Å². The van der Waals surface area contributed by atoms with Crippen LogP contribution in [0.3, 0.4) is 0 Å². The maximum absolute atomic E-state index is 6.63. The molecule has 0 unspecified atom stereocenters. The van der Waals surface area contributed by atoms with E-state index in [-0.39, 0.29) is 5.54 Å². The zero-order chi connectivity index (χ0) is 22.9. The molecular formula is C27H29ClN2O2. The first-order chi connectivity index (χ1) is 15.3. The van der Waals surface area contributed by atoms with Crippen LogP contribution in [-0.4, -0.2) is 25.9 Å². The van der Waals surface area contributed by atoms with Crippen molar-refractivity contribution < 1.29 is 9.47 Å². The van der Waals surface area contributed by atoms with E-state index >= 15 is 0 Å². The summed E-state index contributed by atoms with van der Waals surface area (Å²) in [7, 11) is 3.77. The maximum atomic E-state index is 6.63. The van der Waals surface area contributed by atoms with Gasteiger partial charge in [0.05, 0.1) is 17.8 Å². The normalized spacial score (nSPS) is 17.3. The summed E-state index contributed by atoms with van der Waals surface area (Å²) in [5.74, 6) is 2.56. The SMILES string of the molecule is COc1ccccc1Oc1ccc(N=Cc2cc3c(cc2Cl)N(C)C(C)(C)C[C@@H]3C)cc1. The number of para-hydroxylation sites is 2. The number of fused-ring (bicyclic) bond motifs is 1. The zero-order valence-electron chi connectivity index (χ0n) is 19.2. The molecule has 1 heterocycles. The molecule has 3 aromatic rings. The van der Waals surface area contributed by atoms with Gasteiger partial charge in [-0.3, -0.25) is 4.99 Å². The molecule has 32 heavy (non-hydrogen) atoms. The average molecular weight is 449 g/mol. The predicted molar refractivity (Wildman–Crippen MR) is 134 cm³/mol. The van der Waals surface area contributed by atoms with E-state index < -0.39 is 0 Å². The van der Waals surface area contributed by atoms with Gasteiger partial charge in [-0.2, -0.15) is 0 Å². The van der Waals surface area contributed by atoms with Crippen LogP contribution in [0.5, 0.6) is 17.2 Å². The van der Waals surface area contributed by atoms with E-state index in [0.717, 1.165) is 23.4 Å². The van der Waals surface area contributed by atoms with E-state index in [0.29, 0.717) is 22.4 Å². The lowest BCUT2D eigenvalue weighted by molar-refractivity contribution is 0.379. The Balaban J connectivity index is 1.53. The van der Waals surface area contributed by atoms with E-state index in [1.165, 1.54) is 11.3 Å². The highest BCUT2D eigenvalue weighted by molar-refractivity contribution is 6.33. The molecular weight excluding hydrogens is 420 g/mol. The molecule has 0 spiro atoms. The summed E-state index contributed by atoms with van der Waals surface area (Å²) in [6.07, 6.45) is 2.94.